The van der Waals surface area contributed by atoms with Crippen LogP contribution in [-0.2, 0) is 9.59 Å². The lowest BCUT2D eigenvalue weighted by Gasteiger charge is -2.35. The average Bonchev–Trinajstić information content (AvgIpc) is 3.05. The number of hydrogen-bond donors (Lipinski definition) is 1. The van der Waals surface area contributed by atoms with E-state index >= 15 is 0 Å². The number of likely N-dealkylation sites (N-methyl/N-ethyl adjacent to an activating group) is 1. The Morgan fingerprint density at radius 2 is 1.81 bits per heavy atom. The number of aliphatic carboxylic acids is 1. The smallest absolute Gasteiger partial charge is 0.326 e. The van der Waals surface area contributed by atoms with Crippen LogP contribution in [0.5, 0.6) is 0 Å². The topological polar surface area (TPSA) is 77.9 Å². The maximum atomic E-state index is 13.3. The average molecular weight is 393 g/mol. The summed E-state index contributed by atoms with van der Waals surface area (Å²) in [6.45, 7) is 1.48. The van der Waals surface area contributed by atoms with E-state index in [2.05, 4.69) is 0 Å². The molecule has 1 aliphatic carbocycles. The van der Waals surface area contributed by atoms with Crippen LogP contribution >= 0.6 is 11.6 Å². The van der Waals surface area contributed by atoms with Gasteiger partial charge in [-0.15, -0.1) is 0 Å². The number of carboxylic acid groups (broad SMARTS) is 1. The van der Waals surface area contributed by atoms with Gasteiger partial charge in [-0.2, -0.15) is 0 Å². The first-order valence-electron chi connectivity index (χ1n) is 9.39. The van der Waals surface area contributed by atoms with Gasteiger partial charge in [0.2, 0.25) is 5.91 Å². The number of nitrogens with zero attached hydrogens (tertiary/aromatic N) is 2. The number of fused-ring (bicyclic) bond motifs is 1. The molecule has 1 N–H and O–H groups in total. The Kier molecular flexibility index (Phi) is 5.75. The third-order valence-corrected chi connectivity index (χ3v) is 6.24. The Balaban J connectivity index is 1.90. The summed E-state index contributed by atoms with van der Waals surface area (Å²) in [6.07, 6.45) is 4.61. The van der Waals surface area contributed by atoms with E-state index in [-0.39, 0.29) is 23.8 Å². The Morgan fingerprint density at radius 1 is 1.19 bits per heavy atom. The molecule has 2 amide bonds. The second-order valence-corrected chi connectivity index (χ2v) is 7.98. The Bertz CT molecular complexity index is 736. The van der Waals surface area contributed by atoms with Crippen molar-refractivity contribution in [2.24, 2.45) is 5.92 Å². The van der Waals surface area contributed by atoms with Gasteiger partial charge in [0.1, 0.15) is 12.1 Å². The molecule has 3 rings (SSSR count). The van der Waals surface area contributed by atoms with Crippen molar-refractivity contribution in [1.29, 1.82) is 0 Å². The first-order valence-corrected chi connectivity index (χ1v) is 9.76. The molecule has 1 aliphatic heterocycles. The van der Waals surface area contributed by atoms with Crippen LogP contribution in [0.25, 0.3) is 0 Å². The van der Waals surface area contributed by atoms with Crippen molar-refractivity contribution >= 4 is 29.4 Å². The van der Waals surface area contributed by atoms with Gasteiger partial charge in [-0.3, -0.25) is 9.59 Å². The number of rotatable bonds is 4. The number of carbonyl (C=O) groups is 3. The highest BCUT2D eigenvalue weighted by Gasteiger charge is 2.48. The molecule has 0 radical (unpaired) electrons. The van der Waals surface area contributed by atoms with E-state index in [0.717, 1.165) is 25.7 Å². The van der Waals surface area contributed by atoms with E-state index in [1.807, 2.05) is 0 Å². The van der Waals surface area contributed by atoms with Gasteiger partial charge in [-0.25, -0.2) is 4.79 Å². The van der Waals surface area contributed by atoms with Gasteiger partial charge in [0.15, 0.2) is 0 Å². The standard InChI is InChI=1S/C20H25ClN2O4/c1-12(20(26)27)22(2)19(25)17-11-14-5-3-4-6-16(14)23(17)18(24)13-7-9-15(21)10-8-13/h7-10,12,14,16-17H,3-6,11H2,1-2H3,(H,26,27). The highest BCUT2D eigenvalue weighted by atomic mass is 35.5. The highest BCUT2D eigenvalue weighted by Crippen LogP contribution is 2.41. The van der Waals surface area contributed by atoms with Crippen molar-refractivity contribution in [3.63, 3.8) is 0 Å². The molecule has 1 aromatic carbocycles. The number of amides is 2. The fourth-order valence-corrected chi connectivity index (χ4v) is 4.43. The number of halogens is 1. The van der Waals surface area contributed by atoms with Crippen LogP contribution < -0.4 is 0 Å². The minimum Gasteiger partial charge on any atom is -0.480 e. The Hall–Kier alpha value is -2.08. The van der Waals surface area contributed by atoms with Crippen LogP contribution in [0.3, 0.4) is 0 Å². The SMILES string of the molecule is CC(C(=O)O)N(C)C(=O)C1CC2CCCCC2N1C(=O)c1ccc(Cl)cc1. The Labute approximate surface area is 164 Å². The number of carboxylic acids is 1. The van der Waals surface area contributed by atoms with Crippen molar-refractivity contribution in [3.8, 4) is 0 Å². The summed E-state index contributed by atoms with van der Waals surface area (Å²) in [5.41, 5.74) is 0.498. The molecule has 1 aromatic rings. The van der Waals surface area contributed by atoms with Crippen molar-refractivity contribution in [1.82, 2.24) is 9.80 Å². The molecule has 0 aromatic heterocycles. The number of carbonyl (C=O) groups excluding carboxylic acids is 2. The number of benzene rings is 1. The fourth-order valence-electron chi connectivity index (χ4n) is 4.31. The zero-order valence-corrected chi connectivity index (χ0v) is 16.4. The summed E-state index contributed by atoms with van der Waals surface area (Å²) >= 11 is 5.93. The molecule has 146 valence electrons. The molecule has 6 nitrogen and oxygen atoms in total. The monoisotopic (exact) mass is 392 g/mol. The zero-order valence-electron chi connectivity index (χ0n) is 15.6. The minimum absolute atomic E-state index is 0.0319. The third kappa shape index (κ3) is 3.81. The lowest BCUT2D eigenvalue weighted by atomic mass is 9.84. The predicted molar refractivity (Wildman–Crippen MR) is 102 cm³/mol. The molecule has 1 saturated heterocycles. The van der Waals surface area contributed by atoms with Gasteiger partial charge in [-0.05, 0) is 56.4 Å². The summed E-state index contributed by atoms with van der Waals surface area (Å²) in [4.78, 5) is 40.6. The van der Waals surface area contributed by atoms with Crippen LogP contribution in [0.1, 0.15) is 49.4 Å². The molecule has 4 unspecified atom stereocenters. The van der Waals surface area contributed by atoms with E-state index in [1.54, 1.807) is 29.2 Å². The maximum absolute atomic E-state index is 13.3. The molecule has 27 heavy (non-hydrogen) atoms. The first-order chi connectivity index (χ1) is 12.8. The first kappa shape index (κ1) is 19.7. The fraction of sp³-hybridized carbons (Fsp3) is 0.550. The summed E-state index contributed by atoms with van der Waals surface area (Å²) in [6, 6.07) is 5.15. The van der Waals surface area contributed by atoms with Crippen LogP contribution in [0.2, 0.25) is 5.02 Å². The third-order valence-electron chi connectivity index (χ3n) is 5.98. The van der Waals surface area contributed by atoms with Gasteiger partial charge in [0.25, 0.3) is 5.91 Å². The van der Waals surface area contributed by atoms with E-state index in [9.17, 15) is 19.5 Å². The molecule has 2 aliphatic rings. The van der Waals surface area contributed by atoms with E-state index in [0.29, 0.717) is 17.0 Å². The molecular weight excluding hydrogens is 368 g/mol. The van der Waals surface area contributed by atoms with E-state index in [1.165, 1.54) is 18.9 Å². The van der Waals surface area contributed by atoms with Gasteiger partial charge in [-0.1, -0.05) is 24.4 Å². The highest BCUT2D eigenvalue weighted by molar-refractivity contribution is 6.30. The maximum Gasteiger partial charge on any atom is 0.326 e. The van der Waals surface area contributed by atoms with E-state index < -0.39 is 18.1 Å². The number of hydrogen-bond acceptors (Lipinski definition) is 3. The summed E-state index contributed by atoms with van der Waals surface area (Å²) < 4.78 is 0. The zero-order chi connectivity index (χ0) is 19.7. The summed E-state index contributed by atoms with van der Waals surface area (Å²) in [7, 11) is 1.49. The van der Waals surface area contributed by atoms with Crippen molar-refractivity contribution < 1.29 is 19.5 Å². The molecule has 1 saturated carbocycles. The molecule has 1 heterocycles. The van der Waals surface area contributed by atoms with E-state index in [4.69, 9.17) is 11.6 Å². The molecule has 2 fully saturated rings. The minimum atomic E-state index is -1.06. The molecule has 0 spiro atoms. The Morgan fingerprint density at radius 3 is 2.44 bits per heavy atom. The quantitative estimate of drug-likeness (QED) is 0.854. The summed E-state index contributed by atoms with van der Waals surface area (Å²) in [5.74, 6) is -1.26. The second kappa shape index (κ2) is 7.89. The van der Waals surface area contributed by atoms with Gasteiger partial charge in [0.05, 0.1) is 0 Å². The van der Waals surface area contributed by atoms with Crippen LogP contribution in [0, 0.1) is 5.92 Å². The predicted octanol–water partition coefficient (Wildman–Crippen LogP) is 3.04. The molecular formula is C20H25ClN2O4. The van der Waals surface area contributed by atoms with Crippen LogP contribution in [0.15, 0.2) is 24.3 Å². The molecule has 7 heteroatoms. The number of likely N-dealkylation sites (tertiary alicyclic amines) is 1. The molecule has 4 atom stereocenters. The molecule has 0 bridgehead atoms. The van der Waals surface area contributed by atoms with Crippen molar-refractivity contribution in [2.45, 2.75) is 57.2 Å². The normalized spacial score (nSPS) is 25.6. The van der Waals surface area contributed by atoms with Crippen LogP contribution in [0.4, 0.5) is 0 Å². The lowest BCUT2D eigenvalue weighted by Crippen LogP contribution is -2.52. The van der Waals surface area contributed by atoms with Crippen molar-refractivity contribution in [3.05, 3.63) is 34.9 Å². The van der Waals surface area contributed by atoms with Crippen molar-refractivity contribution in [2.75, 3.05) is 7.05 Å². The summed E-state index contributed by atoms with van der Waals surface area (Å²) in [5, 5.41) is 9.79. The lowest BCUT2D eigenvalue weighted by molar-refractivity contribution is -0.149. The van der Waals surface area contributed by atoms with Gasteiger partial charge in [0, 0.05) is 23.7 Å². The van der Waals surface area contributed by atoms with Gasteiger partial charge >= 0.3 is 5.97 Å². The van der Waals surface area contributed by atoms with Gasteiger partial charge < -0.3 is 14.9 Å². The second-order valence-electron chi connectivity index (χ2n) is 7.55. The van der Waals surface area contributed by atoms with Crippen LogP contribution in [-0.4, -0.2) is 57.9 Å². The largest absolute Gasteiger partial charge is 0.480 e.